The Hall–Kier alpha value is -1.29. The van der Waals surface area contributed by atoms with E-state index in [1.807, 2.05) is 34.0 Å². The van der Waals surface area contributed by atoms with Crippen LogP contribution in [0.5, 0.6) is 0 Å². The zero-order valence-corrected chi connectivity index (χ0v) is 10.6. The quantitative estimate of drug-likeness (QED) is 0.813. The molecule has 0 aliphatic heterocycles. The molecule has 1 heterocycles. The molecule has 0 unspecified atom stereocenters. The number of nitrogens with one attached hydrogen (secondary N) is 1. The van der Waals surface area contributed by atoms with Crippen LogP contribution in [-0.4, -0.2) is 36.7 Å². The maximum Gasteiger partial charge on any atom is 0.252 e. The Morgan fingerprint density at radius 3 is 2.56 bits per heavy atom. The molecule has 4 heteroatoms. The minimum Gasteiger partial charge on any atom is -0.384 e. The number of hydrogen-bond donors (Lipinski definition) is 1. The largest absolute Gasteiger partial charge is 0.384 e. The Labute approximate surface area is 96.9 Å². The van der Waals surface area contributed by atoms with E-state index < -0.39 is 0 Å². The van der Waals surface area contributed by atoms with Crippen molar-refractivity contribution >= 4 is 5.69 Å². The number of pyridine rings is 1. The van der Waals surface area contributed by atoms with E-state index in [1.165, 1.54) is 0 Å². The van der Waals surface area contributed by atoms with Crippen molar-refractivity contribution in [2.75, 3.05) is 32.5 Å². The molecule has 0 spiro atoms. The lowest BCUT2D eigenvalue weighted by atomic mass is 10.3. The lowest BCUT2D eigenvalue weighted by Gasteiger charge is -2.13. The minimum atomic E-state index is 0.0647. The summed E-state index contributed by atoms with van der Waals surface area (Å²) in [6, 6.07) is 3.67. The maximum absolute atomic E-state index is 11.7. The molecule has 0 aliphatic rings. The first-order chi connectivity index (χ1) is 7.54. The number of likely N-dealkylation sites (N-methyl/N-ethyl adjacent to an activating group) is 1. The topological polar surface area (TPSA) is 37.3 Å². The molecule has 0 aliphatic carbocycles. The van der Waals surface area contributed by atoms with Gasteiger partial charge in [0.05, 0.1) is 0 Å². The van der Waals surface area contributed by atoms with Crippen LogP contribution in [0.2, 0.25) is 0 Å². The first-order valence-electron chi connectivity index (χ1n) is 5.64. The summed E-state index contributed by atoms with van der Waals surface area (Å²) in [4.78, 5) is 13.8. The van der Waals surface area contributed by atoms with E-state index in [2.05, 4.69) is 10.2 Å². The predicted octanol–water partition coefficient (Wildman–Crippen LogP) is 1.15. The summed E-state index contributed by atoms with van der Waals surface area (Å²) in [6.07, 6.45) is 0. The average Bonchev–Trinajstić information content (AvgIpc) is 2.16. The maximum atomic E-state index is 11.7. The molecule has 90 valence electrons. The number of aryl methyl sites for hydroxylation is 1. The normalized spacial score (nSPS) is 10.8. The van der Waals surface area contributed by atoms with Crippen molar-refractivity contribution in [3.63, 3.8) is 0 Å². The first-order valence-corrected chi connectivity index (χ1v) is 5.64. The molecule has 0 radical (unpaired) electrons. The van der Waals surface area contributed by atoms with Gasteiger partial charge in [0, 0.05) is 37.1 Å². The highest BCUT2D eigenvalue weighted by molar-refractivity contribution is 5.43. The van der Waals surface area contributed by atoms with Gasteiger partial charge in [0.25, 0.3) is 5.56 Å². The molecule has 0 saturated carbocycles. The molecule has 1 N–H and O–H groups in total. The van der Waals surface area contributed by atoms with E-state index in [1.54, 1.807) is 10.6 Å². The van der Waals surface area contributed by atoms with Crippen molar-refractivity contribution in [1.82, 2.24) is 9.47 Å². The van der Waals surface area contributed by atoms with Gasteiger partial charge < -0.3 is 14.8 Å². The van der Waals surface area contributed by atoms with E-state index >= 15 is 0 Å². The molecule has 0 bridgehead atoms. The lowest BCUT2D eigenvalue weighted by molar-refractivity contribution is 0.425. The fourth-order valence-electron chi connectivity index (χ4n) is 1.66. The zero-order valence-electron chi connectivity index (χ0n) is 10.6. The molecule has 0 atom stereocenters. The number of hydrogen-bond acceptors (Lipinski definition) is 3. The van der Waals surface area contributed by atoms with Gasteiger partial charge in [-0.15, -0.1) is 0 Å². The first kappa shape index (κ1) is 12.8. The SMILES string of the molecule is CCn1c(C)cc(NCCN(C)C)cc1=O. The van der Waals surface area contributed by atoms with Crippen LogP contribution in [0.25, 0.3) is 0 Å². The third-order valence-corrected chi connectivity index (χ3v) is 2.54. The highest BCUT2D eigenvalue weighted by atomic mass is 16.1. The van der Waals surface area contributed by atoms with Gasteiger partial charge >= 0.3 is 0 Å². The van der Waals surface area contributed by atoms with Crippen molar-refractivity contribution in [1.29, 1.82) is 0 Å². The summed E-state index contributed by atoms with van der Waals surface area (Å²) >= 11 is 0. The summed E-state index contributed by atoms with van der Waals surface area (Å²) in [7, 11) is 4.06. The monoisotopic (exact) mass is 223 g/mol. The minimum absolute atomic E-state index is 0.0647. The molecule has 0 saturated heterocycles. The van der Waals surface area contributed by atoms with Crippen LogP contribution in [0.4, 0.5) is 5.69 Å². The van der Waals surface area contributed by atoms with E-state index in [0.29, 0.717) is 0 Å². The van der Waals surface area contributed by atoms with Crippen LogP contribution in [0, 0.1) is 6.92 Å². The molecular weight excluding hydrogens is 202 g/mol. The summed E-state index contributed by atoms with van der Waals surface area (Å²) in [5.74, 6) is 0. The Kier molecular flexibility index (Phi) is 4.55. The Balaban J connectivity index is 2.72. The van der Waals surface area contributed by atoms with Gasteiger partial charge in [-0.1, -0.05) is 0 Å². The molecule has 4 nitrogen and oxygen atoms in total. The zero-order chi connectivity index (χ0) is 12.1. The standard InChI is InChI=1S/C12H21N3O/c1-5-15-10(2)8-11(9-12(15)16)13-6-7-14(3)4/h8-9,13H,5-7H2,1-4H3. The Morgan fingerprint density at radius 2 is 2.06 bits per heavy atom. The van der Waals surface area contributed by atoms with Gasteiger partial charge in [-0.3, -0.25) is 4.79 Å². The van der Waals surface area contributed by atoms with Gasteiger partial charge in [0.15, 0.2) is 0 Å². The number of nitrogens with zero attached hydrogens (tertiary/aromatic N) is 2. The summed E-state index contributed by atoms with van der Waals surface area (Å²) in [6.45, 7) is 6.47. The van der Waals surface area contributed by atoms with E-state index in [-0.39, 0.29) is 5.56 Å². The van der Waals surface area contributed by atoms with Crippen LogP contribution >= 0.6 is 0 Å². The number of aromatic nitrogens is 1. The fourth-order valence-corrected chi connectivity index (χ4v) is 1.66. The van der Waals surface area contributed by atoms with E-state index in [9.17, 15) is 4.79 Å². The molecule has 1 aromatic rings. The lowest BCUT2D eigenvalue weighted by Crippen LogP contribution is -2.24. The van der Waals surface area contributed by atoms with Gasteiger partial charge in [-0.2, -0.15) is 0 Å². The molecular formula is C12H21N3O. The molecule has 1 rings (SSSR count). The van der Waals surface area contributed by atoms with Crippen molar-refractivity contribution in [3.8, 4) is 0 Å². The second-order valence-electron chi connectivity index (χ2n) is 4.20. The van der Waals surface area contributed by atoms with Gasteiger partial charge in [0.1, 0.15) is 0 Å². The smallest absolute Gasteiger partial charge is 0.252 e. The summed E-state index contributed by atoms with van der Waals surface area (Å²) in [5.41, 5.74) is 1.98. The van der Waals surface area contributed by atoms with Crippen LogP contribution in [0.3, 0.4) is 0 Å². The Morgan fingerprint density at radius 1 is 1.38 bits per heavy atom. The Bertz CT molecular complexity index is 396. The van der Waals surface area contributed by atoms with Gasteiger partial charge in [-0.25, -0.2) is 0 Å². The number of anilines is 1. The third-order valence-electron chi connectivity index (χ3n) is 2.54. The second kappa shape index (κ2) is 5.70. The summed E-state index contributed by atoms with van der Waals surface area (Å²) in [5, 5.41) is 3.25. The highest BCUT2D eigenvalue weighted by Gasteiger charge is 2.01. The van der Waals surface area contributed by atoms with E-state index in [0.717, 1.165) is 31.0 Å². The van der Waals surface area contributed by atoms with E-state index in [4.69, 9.17) is 0 Å². The molecule has 0 fully saturated rings. The van der Waals surface area contributed by atoms with Crippen LogP contribution in [0.1, 0.15) is 12.6 Å². The number of rotatable bonds is 5. The highest BCUT2D eigenvalue weighted by Crippen LogP contribution is 2.06. The molecule has 1 aromatic heterocycles. The average molecular weight is 223 g/mol. The van der Waals surface area contributed by atoms with Crippen molar-refractivity contribution in [3.05, 3.63) is 28.2 Å². The molecule has 0 amide bonds. The molecule has 16 heavy (non-hydrogen) atoms. The second-order valence-corrected chi connectivity index (χ2v) is 4.20. The van der Waals surface area contributed by atoms with Crippen LogP contribution in [-0.2, 0) is 6.54 Å². The van der Waals surface area contributed by atoms with Crippen molar-refractivity contribution in [2.24, 2.45) is 0 Å². The van der Waals surface area contributed by atoms with Gasteiger partial charge in [-0.05, 0) is 34.0 Å². The van der Waals surface area contributed by atoms with Crippen LogP contribution in [0.15, 0.2) is 16.9 Å². The van der Waals surface area contributed by atoms with Crippen molar-refractivity contribution in [2.45, 2.75) is 20.4 Å². The third kappa shape index (κ3) is 3.38. The predicted molar refractivity (Wildman–Crippen MR) is 68.2 cm³/mol. The molecule has 0 aromatic carbocycles. The summed E-state index contributed by atoms with van der Waals surface area (Å²) < 4.78 is 1.76. The van der Waals surface area contributed by atoms with Crippen molar-refractivity contribution < 1.29 is 0 Å². The van der Waals surface area contributed by atoms with Gasteiger partial charge in [0.2, 0.25) is 0 Å². The fraction of sp³-hybridized carbons (Fsp3) is 0.583. The van der Waals surface area contributed by atoms with Crippen LogP contribution < -0.4 is 10.9 Å².